The second-order valence-corrected chi connectivity index (χ2v) is 13.1. The van der Waals surface area contributed by atoms with Crippen LogP contribution < -0.4 is 20.9 Å². The number of ether oxygens (including phenoxy) is 2. The molecule has 240 valence electrons. The van der Waals surface area contributed by atoms with Crippen LogP contribution in [0.25, 0.3) is 0 Å². The quantitative estimate of drug-likeness (QED) is 0.116. The van der Waals surface area contributed by atoms with E-state index in [-0.39, 0.29) is 16.6 Å². The Labute approximate surface area is 282 Å². The number of hydrogen-bond donors (Lipinski definition) is 2. The number of nitrogen functional groups attached to an aromatic ring is 2. The highest BCUT2D eigenvalue weighted by Gasteiger charge is 2.28. The maximum atomic E-state index is 13.4. The Hall–Kier alpha value is -5.81. The number of ketones is 1. The molecule has 0 aliphatic carbocycles. The highest BCUT2D eigenvalue weighted by Crippen LogP contribution is 2.40. The monoisotopic (exact) mass is 632 g/mol. The van der Waals surface area contributed by atoms with Crippen LogP contribution in [0.3, 0.4) is 0 Å². The number of nitrogens with two attached hydrogens (primary N) is 2. The van der Waals surface area contributed by atoms with Gasteiger partial charge in [-0.2, -0.15) is 0 Å². The molecule has 0 saturated heterocycles. The fraction of sp³-hybridized carbons (Fsp3) is 0.140. The minimum Gasteiger partial charge on any atom is -0.457 e. The summed E-state index contributed by atoms with van der Waals surface area (Å²) in [6, 6.07) is 46.4. The van der Waals surface area contributed by atoms with E-state index in [1.807, 2.05) is 109 Å². The minimum atomic E-state index is -0.314. The molecule has 0 aliphatic heterocycles. The second-order valence-electron chi connectivity index (χ2n) is 13.1. The fourth-order valence-corrected chi connectivity index (χ4v) is 6.02. The Balaban J connectivity index is 1.16. The highest BCUT2D eigenvalue weighted by molar-refractivity contribution is 6.09. The number of benzene rings is 6. The largest absolute Gasteiger partial charge is 0.457 e. The summed E-state index contributed by atoms with van der Waals surface area (Å²) in [4.78, 5) is 13.4. The molecule has 48 heavy (non-hydrogen) atoms. The molecular weight excluding hydrogens is 592 g/mol. The normalized spacial score (nSPS) is 11.6. The third-order valence-electron chi connectivity index (χ3n) is 9.07. The van der Waals surface area contributed by atoms with Gasteiger partial charge in [-0.25, -0.2) is 0 Å². The summed E-state index contributed by atoms with van der Waals surface area (Å²) in [7, 11) is 0. The number of carbonyl (C=O) groups excluding carboxylic acids is 1. The molecule has 0 saturated carbocycles. The second kappa shape index (κ2) is 13.1. The lowest BCUT2D eigenvalue weighted by Crippen LogP contribution is -2.19. The van der Waals surface area contributed by atoms with Crippen molar-refractivity contribution in [2.75, 3.05) is 11.5 Å². The Morgan fingerprint density at radius 2 is 0.792 bits per heavy atom. The van der Waals surface area contributed by atoms with Crippen molar-refractivity contribution in [1.29, 1.82) is 0 Å². The van der Waals surface area contributed by atoms with Crippen molar-refractivity contribution in [3.05, 3.63) is 179 Å². The lowest BCUT2D eigenvalue weighted by molar-refractivity contribution is 0.103. The summed E-state index contributed by atoms with van der Waals surface area (Å²) in [5.41, 5.74) is 18.2. The first kappa shape index (κ1) is 32.1. The lowest BCUT2D eigenvalue weighted by atomic mass is 9.77. The van der Waals surface area contributed by atoms with Gasteiger partial charge in [0.25, 0.3) is 0 Å². The molecule has 0 aromatic heterocycles. The van der Waals surface area contributed by atoms with Gasteiger partial charge >= 0.3 is 0 Å². The molecule has 0 radical (unpaired) electrons. The fourth-order valence-electron chi connectivity index (χ4n) is 6.02. The first-order valence-electron chi connectivity index (χ1n) is 16.0. The van der Waals surface area contributed by atoms with Crippen LogP contribution in [0.1, 0.15) is 65.9 Å². The van der Waals surface area contributed by atoms with Gasteiger partial charge in [-0.15, -0.1) is 0 Å². The van der Waals surface area contributed by atoms with E-state index in [4.69, 9.17) is 20.9 Å². The van der Waals surface area contributed by atoms with Crippen molar-refractivity contribution >= 4 is 17.2 Å². The average Bonchev–Trinajstić information content (AvgIpc) is 3.09. The molecule has 6 aromatic carbocycles. The zero-order valence-electron chi connectivity index (χ0n) is 27.7. The molecule has 0 spiro atoms. The van der Waals surface area contributed by atoms with Crippen molar-refractivity contribution in [3.63, 3.8) is 0 Å². The van der Waals surface area contributed by atoms with E-state index in [1.165, 1.54) is 0 Å². The van der Waals surface area contributed by atoms with E-state index >= 15 is 0 Å². The van der Waals surface area contributed by atoms with Crippen molar-refractivity contribution in [3.8, 4) is 23.0 Å². The predicted octanol–water partition coefficient (Wildman–Crippen LogP) is 10.3. The van der Waals surface area contributed by atoms with E-state index in [0.717, 1.165) is 45.1 Å². The molecule has 6 aromatic rings. The molecule has 0 unspecified atom stereocenters. The van der Waals surface area contributed by atoms with Crippen LogP contribution in [-0.2, 0) is 10.8 Å². The molecule has 0 aliphatic rings. The zero-order chi connectivity index (χ0) is 33.9. The number of hydrogen-bond acceptors (Lipinski definition) is 5. The molecule has 0 fully saturated rings. The van der Waals surface area contributed by atoms with E-state index in [1.54, 1.807) is 24.3 Å². The van der Waals surface area contributed by atoms with Crippen molar-refractivity contribution in [1.82, 2.24) is 0 Å². The zero-order valence-corrected chi connectivity index (χ0v) is 27.7. The molecule has 4 N–H and O–H groups in total. The van der Waals surface area contributed by atoms with Gasteiger partial charge in [0, 0.05) is 44.5 Å². The maximum absolute atomic E-state index is 13.4. The van der Waals surface area contributed by atoms with Gasteiger partial charge in [0.15, 0.2) is 5.78 Å². The first-order valence-corrected chi connectivity index (χ1v) is 16.0. The van der Waals surface area contributed by atoms with Crippen LogP contribution >= 0.6 is 0 Å². The minimum absolute atomic E-state index is 0.0807. The Morgan fingerprint density at radius 3 is 1.15 bits per heavy atom. The Kier molecular flexibility index (Phi) is 8.79. The molecule has 0 amide bonds. The topological polar surface area (TPSA) is 87.6 Å². The molecule has 0 heterocycles. The third-order valence-corrected chi connectivity index (χ3v) is 9.07. The molecular formula is C43H40N2O3. The molecule has 0 bridgehead atoms. The summed E-state index contributed by atoms with van der Waals surface area (Å²) in [5, 5.41) is 0. The third kappa shape index (κ3) is 6.67. The van der Waals surface area contributed by atoms with Crippen LogP contribution in [0.5, 0.6) is 23.0 Å². The van der Waals surface area contributed by atoms with Gasteiger partial charge in [0.1, 0.15) is 23.0 Å². The smallest absolute Gasteiger partial charge is 0.193 e. The maximum Gasteiger partial charge on any atom is 0.193 e. The number of anilines is 2. The van der Waals surface area contributed by atoms with Gasteiger partial charge in [-0.3, -0.25) is 4.79 Å². The van der Waals surface area contributed by atoms with Crippen molar-refractivity contribution in [2.45, 2.75) is 38.5 Å². The summed E-state index contributed by atoms with van der Waals surface area (Å²) in [6.07, 6.45) is 0. The Morgan fingerprint density at radius 1 is 0.458 bits per heavy atom. The van der Waals surface area contributed by atoms with Gasteiger partial charge in [-0.1, -0.05) is 88.4 Å². The van der Waals surface area contributed by atoms with E-state index < -0.39 is 0 Å². The number of para-hydroxylation sites is 2. The van der Waals surface area contributed by atoms with Gasteiger partial charge in [0.2, 0.25) is 0 Å². The summed E-state index contributed by atoms with van der Waals surface area (Å²) < 4.78 is 12.7. The average molecular weight is 633 g/mol. The number of carbonyl (C=O) groups is 1. The SMILES string of the molecule is CC(C)(c1ccc(N)cc1)c1ccccc1Oc1ccc(C(=O)c2ccc(Oc3ccccc3C(C)(C)c3ccc(N)cc3)cc2)cc1. The van der Waals surface area contributed by atoms with Crippen LogP contribution in [0.2, 0.25) is 0 Å². The Bertz CT molecular complexity index is 1880. The standard InChI is InChI=1S/C43H40N2O3/c1-42(2,31-17-21-33(44)22-18-31)37-9-5-7-11-39(37)47-35-25-13-29(14-26-35)41(46)30-15-27-36(28-16-30)48-40-12-8-6-10-38(40)43(3,4)32-19-23-34(45)24-20-32/h5-28H,44-45H2,1-4H3. The van der Waals surface area contributed by atoms with Gasteiger partial charge in [0.05, 0.1) is 0 Å². The molecule has 0 atom stereocenters. The van der Waals surface area contributed by atoms with E-state index in [9.17, 15) is 4.79 Å². The molecule has 5 heteroatoms. The highest BCUT2D eigenvalue weighted by atomic mass is 16.5. The van der Waals surface area contributed by atoms with Crippen LogP contribution in [0.4, 0.5) is 11.4 Å². The predicted molar refractivity (Wildman–Crippen MR) is 195 cm³/mol. The molecule has 6 rings (SSSR count). The van der Waals surface area contributed by atoms with Crippen LogP contribution in [0.15, 0.2) is 146 Å². The van der Waals surface area contributed by atoms with Crippen LogP contribution in [0, 0.1) is 0 Å². The summed E-state index contributed by atoms with van der Waals surface area (Å²) >= 11 is 0. The van der Waals surface area contributed by atoms with Crippen molar-refractivity contribution in [2.24, 2.45) is 0 Å². The van der Waals surface area contributed by atoms with Crippen molar-refractivity contribution < 1.29 is 14.3 Å². The first-order chi connectivity index (χ1) is 23.0. The van der Waals surface area contributed by atoms with Crippen LogP contribution in [-0.4, -0.2) is 5.78 Å². The number of rotatable bonds is 10. The lowest BCUT2D eigenvalue weighted by Gasteiger charge is -2.28. The summed E-state index contributed by atoms with van der Waals surface area (Å²) in [6.45, 7) is 8.67. The van der Waals surface area contributed by atoms with E-state index in [2.05, 4.69) is 39.8 Å². The molecule has 5 nitrogen and oxygen atoms in total. The summed E-state index contributed by atoms with van der Waals surface area (Å²) in [5.74, 6) is 2.73. The van der Waals surface area contributed by atoms with E-state index in [0.29, 0.717) is 22.6 Å². The van der Waals surface area contributed by atoms with Gasteiger partial charge in [-0.05, 0) is 96.1 Å². The van der Waals surface area contributed by atoms with Gasteiger partial charge < -0.3 is 20.9 Å².